The molecule has 0 aliphatic heterocycles. The maximum absolute atomic E-state index is 12.9. The number of hydrogen-bond donors (Lipinski definition) is 0. The van der Waals surface area contributed by atoms with Gasteiger partial charge in [0.15, 0.2) is 0 Å². The number of rotatable bonds is 10. The van der Waals surface area contributed by atoms with Crippen LogP contribution < -0.4 is 0 Å². The molecule has 4 aliphatic rings. The molecule has 0 saturated heterocycles. The molecular formula is C37H62O6. The van der Waals surface area contributed by atoms with Gasteiger partial charge in [0.25, 0.3) is 0 Å². The van der Waals surface area contributed by atoms with Crippen molar-refractivity contribution in [2.24, 2.45) is 51.8 Å². The highest BCUT2D eigenvalue weighted by Crippen LogP contribution is 2.69. The summed E-state index contributed by atoms with van der Waals surface area (Å²) in [6, 6.07) is 0. The molecule has 0 spiro atoms. The Labute approximate surface area is 262 Å². The minimum absolute atomic E-state index is 0.0115. The van der Waals surface area contributed by atoms with Gasteiger partial charge < -0.3 is 14.2 Å². The Hall–Kier alpha value is -1.59. The summed E-state index contributed by atoms with van der Waals surface area (Å²) in [4.78, 5) is 38.1. The fourth-order valence-electron chi connectivity index (χ4n) is 10.0. The van der Waals surface area contributed by atoms with Gasteiger partial charge in [-0.05, 0) is 139 Å². The summed E-state index contributed by atoms with van der Waals surface area (Å²) in [6.45, 7) is 20.8. The van der Waals surface area contributed by atoms with E-state index in [-0.39, 0.29) is 40.9 Å². The molecule has 10 atom stereocenters. The molecule has 0 N–H and O–H groups in total. The van der Waals surface area contributed by atoms with E-state index in [4.69, 9.17) is 14.2 Å². The van der Waals surface area contributed by atoms with E-state index in [1.54, 1.807) is 6.92 Å². The van der Waals surface area contributed by atoms with Crippen LogP contribution in [0.25, 0.3) is 0 Å². The Bertz CT molecular complexity index is 1030. The second-order valence-electron chi connectivity index (χ2n) is 16.7. The molecule has 0 amide bonds. The van der Waals surface area contributed by atoms with Crippen molar-refractivity contribution in [2.45, 2.75) is 164 Å². The molecule has 0 aromatic carbocycles. The van der Waals surface area contributed by atoms with Crippen molar-refractivity contribution in [1.82, 2.24) is 0 Å². The molecule has 0 aromatic rings. The normalized spacial score (nSPS) is 38.2. The predicted octanol–water partition coefficient (Wildman–Crippen LogP) is 8.68. The fourth-order valence-corrected chi connectivity index (χ4v) is 10.0. The van der Waals surface area contributed by atoms with Gasteiger partial charge in [-0.3, -0.25) is 14.4 Å². The highest BCUT2D eigenvalue weighted by atomic mass is 16.6. The zero-order valence-corrected chi connectivity index (χ0v) is 29.1. The van der Waals surface area contributed by atoms with E-state index >= 15 is 0 Å². The first-order chi connectivity index (χ1) is 20.0. The molecule has 6 heteroatoms. The maximum atomic E-state index is 12.9. The van der Waals surface area contributed by atoms with Crippen LogP contribution in [0.3, 0.4) is 0 Å². The zero-order chi connectivity index (χ0) is 32.0. The van der Waals surface area contributed by atoms with Crippen LogP contribution >= 0.6 is 0 Å². The lowest BCUT2D eigenvalue weighted by Gasteiger charge is -2.62. The first-order valence-corrected chi connectivity index (χ1v) is 17.6. The van der Waals surface area contributed by atoms with Crippen molar-refractivity contribution in [3.63, 3.8) is 0 Å². The molecule has 0 radical (unpaired) electrons. The third-order valence-electron chi connectivity index (χ3n) is 13.5. The molecule has 6 nitrogen and oxygen atoms in total. The number of hydrogen-bond acceptors (Lipinski definition) is 6. The molecule has 246 valence electrons. The van der Waals surface area contributed by atoms with Gasteiger partial charge in [-0.1, -0.05) is 34.6 Å². The van der Waals surface area contributed by atoms with E-state index < -0.39 is 11.0 Å². The van der Waals surface area contributed by atoms with E-state index in [1.807, 2.05) is 41.5 Å². The van der Waals surface area contributed by atoms with Crippen molar-refractivity contribution in [3.05, 3.63) is 0 Å². The third kappa shape index (κ3) is 6.69. The molecule has 4 saturated carbocycles. The van der Waals surface area contributed by atoms with E-state index in [9.17, 15) is 14.4 Å². The van der Waals surface area contributed by atoms with Crippen molar-refractivity contribution >= 4 is 17.9 Å². The standard InChI is InChI=1S/C37H62O6/c1-11-34(5,6)33(40)42-26-19-20-36(9)25(21-26)14-15-27-29-17-16-28(23(3)13-18-32(39)43-35(7,8)12-2)37(29,10)31(22-30(27)36)41-24(4)38/h23,25-31H,11-22H2,1-10H3. The minimum Gasteiger partial charge on any atom is -0.462 e. The lowest BCUT2D eigenvalue weighted by Crippen LogP contribution is -2.59. The average Bonchev–Trinajstić information content (AvgIpc) is 3.30. The van der Waals surface area contributed by atoms with Gasteiger partial charge in [0.05, 0.1) is 5.41 Å². The molecule has 0 bridgehead atoms. The average molecular weight is 603 g/mol. The molecule has 4 fully saturated rings. The molecule has 10 unspecified atom stereocenters. The van der Waals surface area contributed by atoms with Crippen LogP contribution in [-0.4, -0.2) is 35.7 Å². The van der Waals surface area contributed by atoms with Gasteiger partial charge in [0, 0.05) is 18.8 Å². The van der Waals surface area contributed by atoms with Crippen LogP contribution in [0.5, 0.6) is 0 Å². The largest absolute Gasteiger partial charge is 0.462 e. The topological polar surface area (TPSA) is 78.9 Å². The molecule has 0 aromatic heterocycles. The van der Waals surface area contributed by atoms with Crippen LogP contribution in [-0.2, 0) is 28.6 Å². The second-order valence-corrected chi connectivity index (χ2v) is 16.7. The maximum Gasteiger partial charge on any atom is 0.311 e. The molecule has 4 aliphatic carbocycles. The molecule has 4 rings (SSSR count). The summed E-state index contributed by atoms with van der Waals surface area (Å²) in [5.74, 6) is 2.61. The van der Waals surface area contributed by atoms with Crippen LogP contribution in [0.15, 0.2) is 0 Å². The van der Waals surface area contributed by atoms with Crippen LogP contribution in [0.1, 0.15) is 146 Å². The van der Waals surface area contributed by atoms with Gasteiger partial charge in [-0.2, -0.15) is 0 Å². The molecule has 43 heavy (non-hydrogen) atoms. The molecule has 0 heterocycles. The van der Waals surface area contributed by atoms with Crippen molar-refractivity contribution in [3.8, 4) is 0 Å². The fraction of sp³-hybridized carbons (Fsp3) is 0.919. The lowest BCUT2D eigenvalue weighted by atomic mass is 9.43. The number of carbonyl (C=O) groups excluding carboxylic acids is 3. The van der Waals surface area contributed by atoms with Gasteiger partial charge in [-0.25, -0.2) is 0 Å². The Morgan fingerprint density at radius 1 is 0.884 bits per heavy atom. The van der Waals surface area contributed by atoms with E-state index in [0.29, 0.717) is 41.9 Å². The lowest BCUT2D eigenvalue weighted by molar-refractivity contribution is -0.199. The van der Waals surface area contributed by atoms with Crippen LogP contribution in [0.4, 0.5) is 0 Å². The number of fused-ring (bicyclic) bond motifs is 5. The molecular weight excluding hydrogens is 540 g/mol. The van der Waals surface area contributed by atoms with Gasteiger partial charge in [0.2, 0.25) is 0 Å². The Morgan fingerprint density at radius 3 is 2.21 bits per heavy atom. The summed E-state index contributed by atoms with van der Waals surface area (Å²) < 4.78 is 18.2. The third-order valence-corrected chi connectivity index (χ3v) is 13.5. The zero-order valence-electron chi connectivity index (χ0n) is 29.1. The number of ether oxygens (including phenoxy) is 3. The summed E-state index contributed by atoms with van der Waals surface area (Å²) in [5, 5.41) is 0. The smallest absolute Gasteiger partial charge is 0.311 e. The highest BCUT2D eigenvalue weighted by molar-refractivity contribution is 5.76. The van der Waals surface area contributed by atoms with Crippen LogP contribution in [0, 0.1) is 51.8 Å². The SMILES string of the molecule is CCC(C)(C)OC(=O)CCC(C)C1CCC2C3CCC4CC(OC(=O)C(C)(C)CC)CCC4(C)C3CC(OC(C)=O)C12C. The first kappa shape index (κ1) is 34.3. The van der Waals surface area contributed by atoms with Gasteiger partial charge in [-0.15, -0.1) is 0 Å². The Balaban J connectivity index is 1.50. The Morgan fingerprint density at radius 2 is 1.58 bits per heavy atom. The number of carbonyl (C=O) groups is 3. The summed E-state index contributed by atoms with van der Waals surface area (Å²) >= 11 is 0. The van der Waals surface area contributed by atoms with Crippen molar-refractivity contribution < 1.29 is 28.6 Å². The van der Waals surface area contributed by atoms with Crippen molar-refractivity contribution in [1.29, 1.82) is 0 Å². The summed E-state index contributed by atoms with van der Waals surface area (Å²) in [6.07, 6.45) is 11.3. The van der Waals surface area contributed by atoms with Crippen LogP contribution in [0.2, 0.25) is 0 Å². The number of esters is 3. The van der Waals surface area contributed by atoms with Gasteiger partial charge in [0.1, 0.15) is 17.8 Å². The highest BCUT2D eigenvalue weighted by Gasteiger charge is 2.65. The monoisotopic (exact) mass is 602 g/mol. The van der Waals surface area contributed by atoms with Crippen molar-refractivity contribution in [2.75, 3.05) is 0 Å². The Kier molecular flexibility index (Phi) is 10.1. The first-order valence-electron chi connectivity index (χ1n) is 17.6. The summed E-state index contributed by atoms with van der Waals surface area (Å²) in [7, 11) is 0. The van der Waals surface area contributed by atoms with E-state index in [0.717, 1.165) is 51.4 Å². The van der Waals surface area contributed by atoms with E-state index in [1.165, 1.54) is 19.3 Å². The van der Waals surface area contributed by atoms with E-state index in [2.05, 4.69) is 20.8 Å². The quantitative estimate of drug-likeness (QED) is 0.184. The van der Waals surface area contributed by atoms with Gasteiger partial charge >= 0.3 is 17.9 Å². The predicted molar refractivity (Wildman–Crippen MR) is 169 cm³/mol. The summed E-state index contributed by atoms with van der Waals surface area (Å²) in [5.41, 5.74) is -0.774. The second kappa shape index (κ2) is 12.7. The minimum atomic E-state index is -0.438.